The molecule has 2 aromatic rings. The van der Waals surface area contributed by atoms with E-state index in [1.54, 1.807) is 6.07 Å². The highest BCUT2D eigenvalue weighted by Crippen LogP contribution is 2.19. The fourth-order valence-corrected chi connectivity index (χ4v) is 3.57. The van der Waals surface area contributed by atoms with Gasteiger partial charge in [-0.2, -0.15) is 0 Å². The second-order valence-electron chi connectivity index (χ2n) is 5.54. The smallest absolute Gasteiger partial charge is 0.190 e. The molecule has 0 saturated carbocycles. The second kappa shape index (κ2) is 8.62. The number of hydrogen-bond donors (Lipinski definition) is 1. The first-order valence-corrected chi connectivity index (χ1v) is 9.22. The maximum Gasteiger partial charge on any atom is 0.190 e. The van der Waals surface area contributed by atoms with Crippen molar-refractivity contribution in [1.29, 1.82) is 0 Å². The Morgan fingerprint density at radius 3 is 2.88 bits per heavy atom. The molecule has 1 aliphatic rings. The van der Waals surface area contributed by atoms with Crippen LogP contribution in [0.2, 0.25) is 5.15 Å². The number of aryl methyl sites for hydroxylation is 1. The van der Waals surface area contributed by atoms with Gasteiger partial charge in [0.05, 0.1) is 13.2 Å². The largest absolute Gasteiger partial charge is 0.384 e. The SMILES string of the molecule is Nc1cc(Cl)nc(SCCc2cc(CN3CCOCC3)ccn2)n1. The number of anilines is 1. The van der Waals surface area contributed by atoms with E-state index in [1.165, 1.54) is 17.3 Å². The summed E-state index contributed by atoms with van der Waals surface area (Å²) >= 11 is 7.42. The van der Waals surface area contributed by atoms with Gasteiger partial charge in [-0.3, -0.25) is 9.88 Å². The summed E-state index contributed by atoms with van der Waals surface area (Å²) in [6.07, 6.45) is 2.72. The van der Waals surface area contributed by atoms with Gasteiger partial charge in [0.25, 0.3) is 0 Å². The van der Waals surface area contributed by atoms with E-state index in [4.69, 9.17) is 22.1 Å². The topological polar surface area (TPSA) is 77.2 Å². The zero-order valence-electron chi connectivity index (χ0n) is 13.3. The summed E-state index contributed by atoms with van der Waals surface area (Å²) in [5, 5.41) is 0.972. The van der Waals surface area contributed by atoms with Crippen LogP contribution in [-0.2, 0) is 17.7 Å². The van der Waals surface area contributed by atoms with Crippen LogP contribution >= 0.6 is 23.4 Å². The van der Waals surface area contributed by atoms with Crippen molar-refractivity contribution >= 4 is 29.2 Å². The van der Waals surface area contributed by atoms with E-state index in [0.29, 0.717) is 16.1 Å². The van der Waals surface area contributed by atoms with Crippen LogP contribution in [0.25, 0.3) is 0 Å². The predicted octanol–water partition coefficient (Wildman–Crippen LogP) is 2.27. The van der Waals surface area contributed by atoms with Crippen LogP contribution in [0.1, 0.15) is 11.3 Å². The van der Waals surface area contributed by atoms with Gasteiger partial charge in [0.1, 0.15) is 11.0 Å². The van der Waals surface area contributed by atoms with Crippen molar-refractivity contribution < 1.29 is 4.74 Å². The van der Waals surface area contributed by atoms with Gasteiger partial charge in [-0.15, -0.1) is 0 Å². The lowest BCUT2D eigenvalue weighted by Crippen LogP contribution is -2.35. The first-order chi connectivity index (χ1) is 11.7. The molecule has 1 saturated heterocycles. The van der Waals surface area contributed by atoms with E-state index in [0.717, 1.165) is 50.7 Å². The van der Waals surface area contributed by atoms with Crippen LogP contribution < -0.4 is 5.73 Å². The Labute approximate surface area is 150 Å². The normalized spacial score (nSPS) is 15.5. The van der Waals surface area contributed by atoms with E-state index in [-0.39, 0.29) is 0 Å². The number of ether oxygens (including phenoxy) is 1. The van der Waals surface area contributed by atoms with Crippen molar-refractivity contribution in [3.8, 4) is 0 Å². The Bertz CT molecular complexity index is 661. The molecule has 0 amide bonds. The Morgan fingerprint density at radius 1 is 1.25 bits per heavy atom. The quantitative estimate of drug-likeness (QED) is 0.478. The molecule has 1 aliphatic heterocycles. The van der Waals surface area contributed by atoms with Crippen molar-refractivity contribution in [3.63, 3.8) is 0 Å². The van der Waals surface area contributed by atoms with Gasteiger partial charge in [0.15, 0.2) is 5.16 Å². The third-order valence-electron chi connectivity index (χ3n) is 3.67. The zero-order chi connectivity index (χ0) is 16.8. The molecule has 3 rings (SSSR count). The maximum absolute atomic E-state index is 5.89. The minimum absolute atomic E-state index is 0.371. The first kappa shape index (κ1) is 17.4. The molecule has 0 aromatic carbocycles. The molecule has 3 heterocycles. The fraction of sp³-hybridized carbons (Fsp3) is 0.438. The molecule has 0 atom stereocenters. The molecule has 2 N–H and O–H groups in total. The summed E-state index contributed by atoms with van der Waals surface area (Å²) in [6, 6.07) is 5.79. The average molecular weight is 366 g/mol. The summed E-state index contributed by atoms with van der Waals surface area (Å²) in [6.45, 7) is 4.55. The zero-order valence-corrected chi connectivity index (χ0v) is 14.9. The lowest BCUT2D eigenvalue weighted by molar-refractivity contribution is 0.0342. The van der Waals surface area contributed by atoms with Gasteiger partial charge >= 0.3 is 0 Å². The lowest BCUT2D eigenvalue weighted by Gasteiger charge is -2.26. The minimum Gasteiger partial charge on any atom is -0.384 e. The molecule has 0 aliphatic carbocycles. The molecular formula is C16H20ClN5OS. The second-order valence-corrected chi connectivity index (χ2v) is 6.99. The Hall–Kier alpha value is -1.41. The van der Waals surface area contributed by atoms with Gasteiger partial charge in [-0.1, -0.05) is 23.4 Å². The fourth-order valence-electron chi connectivity index (χ4n) is 2.51. The maximum atomic E-state index is 5.89. The van der Waals surface area contributed by atoms with Gasteiger partial charge in [0.2, 0.25) is 0 Å². The van der Waals surface area contributed by atoms with E-state index in [1.807, 2.05) is 6.20 Å². The highest BCUT2D eigenvalue weighted by molar-refractivity contribution is 7.99. The van der Waals surface area contributed by atoms with Gasteiger partial charge < -0.3 is 10.5 Å². The number of aromatic nitrogens is 3. The molecule has 1 fully saturated rings. The molecule has 24 heavy (non-hydrogen) atoms. The Morgan fingerprint density at radius 2 is 2.08 bits per heavy atom. The number of rotatable bonds is 6. The molecule has 2 aromatic heterocycles. The molecule has 0 radical (unpaired) electrons. The molecule has 0 spiro atoms. The summed E-state index contributed by atoms with van der Waals surface area (Å²) in [4.78, 5) is 15.2. The molecular weight excluding hydrogens is 346 g/mol. The molecule has 0 unspecified atom stereocenters. The standard InChI is InChI=1S/C16H20ClN5OS/c17-14-10-15(18)21-16(20-14)24-8-2-13-9-12(1-3-19-13)11-22-4-6-23-7-5-22/h1,3,9-10H,2,4-8,11H2,(H2,18,20,21). The van der Waals surface area contributed by atoms with Crippen molar-refractivity contribution in [2.45, 2.75) is 18.1 Å². The first-order valence-electron chi connectivity index (χ1n) is 7.86. The number of nitrogens with two attached hydrogens (primary N) is 1. The van der Waals surface area contributed by atoms with Crippen LogP contribution in [0, 0.1) is 0 Å². The van der Waals surface area contributed by atoms with E-state index < -0.39 is 0 Å². The van der Waals surface area contributed by atoms with E-state index >= 15 is 0 Å². The van der Waals surface area contributed by atoms with E-state index in [2.05, 4.69) is 32.0 Å². The number of halogens is 1. The number of nitrogen functional groups attached to an aromatic ring is 1. The molecule has 0 bridgehead atoms. The minimum atomic E-state index is 0.371. The lowest BCUT2D eigenvalue weighted by atomic mass is 10.2. The average Bonchev–Trinajstić information content (AvgIpc) is 2.55. The van der Waals surface area contributed by atoms with Gasteiger partial charge in [0, 0.05) is 43.3 Å². The Balaban J connectivity index is 1.52. The van der Waals surface area contributed by atoms with Gasteiger partial charge in [-0.05, 0) is 24.1 Å². The van der Waals surface area contributed by atoms with Crippen LogP contribution in [0.4, 0.5) is 5.82 Å². The van der Waals surface area contributed by atoms with Crippen LogP contribution in [0.5, 0.6) is 0 Å². The highest BCUT2D eigenvalue weighted by Gasteiger charge is 2.11. The third kappa shape index (κ3) is 5.31. The van der Waals surface area contributed by atoms with Gasteiger partial charge in [-0.25, -0.2) is 9.97 Å². The summed E-state index contributed by atoms with van der Waals surface area (Å²) in [7, 11) is 0. The Kier molecular flexibility index (Phi) is 6.25. The highest BCUT2D eigenvalue weighted by atomic mass is 35.5. The summed E-state index contributed by atoms with van der Waals surface area (Å²) in [5.41, 5.74) is 8.04. The van der Waals surface area contributed by atoms with Crippen LogP contribution in [-0.4, -0.2) is 51.9 Å². The molecule has 6 nitrogen and oxygen atoms in total. The number of morpholine rings is 1. The monoisotopic (exact) mass is 365 g/mol. The number of thioether (sulfide) groups is 1. The predicted molar refractivity (Wildman–Crippen MR) is 96.2 cm³/mol. The van der Waals surface area contributed by atoms with Crippen molar-refractivity contribution in [2.24, 2.45) is 0 Å². The van der Waals surface area contributed by atoms with Crippen molar-refractivity contribution in [2.75, 3.05) is 37.8 Å². The number of nitrogens with zero attached hydrogens (tertiary/aromatic N) is 4. The molecule has 8 heteroatoms. The van der Waals surface area contributed by atoms with Crippen LogP contribution in [0.15, 0.2) is 29.6 Å². The molecule has 128 valence electrons. The van der Waals surface area contributed by atoms with Crippen molar-refractivity contribution in [3.05, 3.63) is 40.8 Å². The number of hydrogen-bond acceptors (Lipinski definition) is 7. The van der Waals surface area contributed by atoms with Crippen molar-refractivity contribution in [1.82, 2.24) is 19.9 Å². The summed E-state index contributed by atoms with van der Waals surface area (Å²) < 4.78 is 5.39. The van der Waals surface area contributed by atoms with Crippen LogP contribution in [0.3, 0.4) is 0 Å². The third-order valence-corrected chi connectivity index (χ3v) is 4.72. The number of pyridine rings is 1. The van der Waals surface area contributed by atoms with E-state index in [9.17, 15) is 0 Å². The summed E-state index contributed by atoms with van der Waals surface area (Å²) in [5.74, 6) is 1.22.